The Morgan fingerprint density at radius 1 is 1.30 bits per heavy atom. The molecule has 0 saturated heterocycles. The van der Waals surface area contributed by atoms with Crippen molar-refractivity contribution in [1.29, 1.82) is 10.5 Å². The van der Waals surface area contributed by atoms with Gasteiger partial charge in [-0.05, 0) is 30.0 Å². The largest absolute Gasteiger partial charge is 0.496 e. The molecule has 0 aliphatic carbocycles. The second kappa shape index (κ2) is 8.66. The number of nitrogens with zero attached hydrogens (tertiary/aromatic N) is 5. The molecule has 2 rings (SSSR count). The van der Waals surface area contributed by atoms with Gasteiger partial charge in [0.15, 0.2) is 10.6 Å². The fraction of sp³-hybridized carbons (Fsp3) is 0.400. The first kappa shape index (κ1) is 20.4. The average Bonchev–Trinajstić information content (AvgIpc) is 3.04. The van der Waals surface area contributed by atoms with Crippen molar-refractivity contribution in [2.75, 3.05) is 7.11 Å². The van der Waals surface area contributed by atoms with Crippen molar-refractivity contribution in [3.63, 3.8) is 0 Å². The van der Waals surface area contributed by atoms with Crippen LogP contribution in [-0.4, -0.2) is 17.5 Å². The maximum Gasteiger partial charge on any atom is 0.207 e. The van der Waals surface area contributed by atoms with Crippen LogP contribution in [0.5, 0.6) is 5.75 Å². The summed E-state index contributed by atoms with van der Waals surface area (Å²) in [6, 6.07) is 7.08. The highest BCUT2D eigenvalue weighted by Crippen LogP contribution is 2.25. The number of hydrogen-bond acceptors (Lipinski definition) is 5. The molecular formula is C20H23N5OS. The first-order valence-electron chi connectivity index (χ1n) is 8.64. The Bertz CT molecular complexity index is 993. The van der Waals surface area contributed by atoms with E-state index in [9.17, 15) is 5.26 Å². The van der Waals surface area contributed by atoms with E-state index in [0.29, 0.717) is 16.9 Å². The van der Waals surface area contributed by atoms with Crippen LogP contribution in [0.15, 0.2) is 34.4 Å². The van der Waals surface area contributed by atoms with Crippen LogP contribution in [0.4, 0.5) is 0 Å². The van der Waals surface area contributed by atoms with Gasteiger partial charge in [0.25, 0.3) is 0 Å². The molecule has 0 radical (unpaired) electrons. The lowest BCUT2D eigenvalue weighted by Gasteiger charge is -2.14. The number of aromatic nitrogens is 1. The Morgan fingerprint density at radius 2 is 2.04 bits per heavy atom. The molecule has 0 amide bonds. The SMILES string of the molecule is CCCn1cc(C(C)(C)C)sc1=NC(=NC#N)c1cc(C#N)ccc1OC. The Hall–Kier alpha value is -2.90. The van der Waals surface area contributed by atoms with Gasteiger partial charge in [-0.1, -0.05) is 27.7 Å². The third-order valence-corrected chi connectivity index (χ3v) is 5.30. The van der Waals surface area contributed by atoms with Gasteiger partial charge in [-0.25, -0.2) is 0 Å². The Balaban J connectivity index is 2.71. The molecule has 0 atom stereocenters. The maximum atomic E-state index is 9.21. The minimum atomic E-state index is -0.00111. The molecule has 6 nitrogen and oxygen atoms in total. The van der Waals surface area contributed by atoms with Crippen LogP contribution in [0.3, 0.4) is 0 Å². The van der Waals surface area contributed by atoms with Crippen LogP contribution < -0.4 is 9.54 Å². The summed E-state index contributed by atoms with van der Waals surface area (Å²) in [4.78, 5) is 10.5. The molecule has 140 valence electrons. The number of aryl methyl sites for hydroxylation is 1. The molecule has 1 aromatic carbocycles. The molecule has 7 heteroatoms. The molecule has 0 spiro atoms. The van der Waals surface area contributed by atoms with Crippen molar-refractivity contribution in [2.45, 2.75) is 46.1 Å². The summed E-state index contributed by atoms with van der Waals surface area (Å²) in [6.07, 6.45) is 4.89. The van der Waals surface area contributed by atoms with Crippen molar-refractivity contribution in [2.24, 2.45) is 9.98 Å². The maximum absolute atomic E-state index is 9.21. The van der Waals surface area contributed by atoms with Crippen LogP contribution in [-0.2, 0) is 12.0 Å². The van der Waals surface area contributed by atoms with Crippen LogP contribution in [0.1, 0.15) is 50.1 Å². The zero-order chi connectivity index (χ0) is 20.0. The van der Waals surface area contributed by atoms with E-state index in [1.807, 2.05) is 6.19 Å². The summed E-state index contributed by atoms with van der Waals surface area (Å²) in [5.41, 5.74) is 0.972. The third kappa shape index (κ3) is 4.84. The molecule has 0 saturated carbocycles. The van der Waals surface area contributed by atoms with Crippen molar-refractivity contribution < 1.29 is 4.74 Å². The summed E-state index contributed by atoms with van der Waals surface area (Å²) < 4.78 is 7.47. The molecular weight excluding hydrogens is 358 g/mol. The molecule has 0 aliphatic heterocycles. The highest BCUT2D eigenvalue weighted by atomic mass is 32.1. The van der Waals surface area contributed by atoms with E-state index in [1.54, 1.807) is 29.5 Å². The van der Waals surface area contributed by atoms with Crippen LogP contribution in [0.25, 0.3) is 0 Å². The van der Waals surface area contributed by atoms with Gasteiger partial charge in [0.2, 0.25) is 6.19 Å². The Kier molecular flexibility index (Phi) is 6.55. The van der Waals surface area contributed by atoms with E-state index >= 15 is 0 Å². The Labute approximate surface area is 163 Å². The molecule has 0 aliphatic rings. The van der Waals surface area contributed by atoms with Crippen molar-refractivity contribution in [1.82, 2.24) is 4.57 Å². The summed E-state index contributed by atoms with van der Waals surface area (Å²) in [6.45, 7) is 9.39. The normalized spacial score (nSPS) is 12.6. The van der Waals surface area contributed by atoms with Crippen molar-refractivity contribution >= 4 is 17.2 Å². The third-order valence-electron chi connectivity index (χ3n) is 3.85. The van der Waals surface area contributed by atoms with E-state index in [4.69, 9.17) is 10.00 Å². The molecule has 0 bridgehead atoms. The number of nitriles is 2. The number of benzene rings is 1. The lowest BCUT2D eigenvalue weighted by atomic mass is 9.95. The predicted molar refractivity (Wildman–Crippen MR) is 107 cm³/mol. The number of thiazole rings is 1. The van der Waals surface area contributed by atoms with Gasteiger partial charge in [-0.2, -0.15) is 20.5 Å². The van der Waals surface area contributed by atoms with Crippen molar-refractivity contribution in [3.8, 4) is 18.0 Å². The van der Waals surface area contributed by atoms with Gasteiger partial charge < -0.3 is 9.30 Å². The predicted octanol–water partition coefficient (Wildman–Crippen LogP) is 3.97. The van der Waals surface area contributed by atoms with E-state index in [0.717, 1.165) is 17.8 Å². The molecule has 27 heavy (non-hydrogen) atoms. The van der Waals surface area contributed by atoms with Crippen LogP contribution >= 0.6 is 11.3 Å². The van der Waals surface area contributed by atoms with Crippen LogP contribution in [0, 0.1) is 22.8 Å². The van der Waals surface area contributed by atoms with Gasteiger partial charge in [0, 0.05) is 17.6 Å². The van der Waals surface area contributed by atoms with Gasteiger partial charge in [0.05, 0.1) is 24.3 Å². The Morgan fingerprint density at radius 3 is 2.59 bits per heavy atom. The topological polar surface area (TPSA) is 86.5 Å². The molecule has 1 heterocycles. The minimum absolute atomic E-state index is 0.00111. The quantitative estimate of drug-likeness (QED) is 0.456. The molecule has 2 aromatic rings. The monoisotopic (exact) mass is 381 g/mol. The number of amidine groups is 1. The molecule has 0 unspecified atom stereocenters. The van der Waals surface area contributed by atoms with E-state index in [1.165, 1.54) is 12.0 Å². The van der Waals surface area contributed by atoms with Crippen LogP contribution in [0.2, 0.25) is 0 Å². The lowest BCUT2D eigenvalue weighted by molar-refractivity contribution is 0.414. The summed E-state index contributed by atoms with van der Waals surface area (Å²) in [5, 5.41) is 18.4. The zero-order valence-electron chi connectivity index (χ0n) is 16.3. The minimum Gasteiger partial charge on any atom is -0.496 e. The average molecular weight is 382 g/mol. The highest BCUT2D eigenvalue weighted by Gasteiger charge is 2.18. The van der Waals surface area contributed by atoms with Gasteiger partial charge in [-0.15, -0.1) is 11.3 Å². The zero-order valence-corrected chi connectivity index (χ0v) is 17.1. The molecule has 0 N–H and O–H groups in total. The second-order valence-electron chi connectivity index (χ2n) is 7.00. The lowest BCUT2D eigenvalue weighted by Crippen LogP contribution is -2.17. The smallest absolute Gasteiger partial charge is 0.207 e. The number of methoxy groups -OCH3 is 1. The fourth-order valence-corrected chi connectivity index (χ4v) is 3.53. The summed E-state index contributed by atoms with van der Waals surface area (Å²) in [5.74, 6) is 0.750. The van der Waals surface area contributed by atoms with E-state index in [-0.39, 0.29) is 11.3 Å². The summed E-state index contributed by atoms with van der Waals surface area (Å²) >= 11 is 1.58. The molecule has 1 aromatic heterocycles. The first-order chi connectivity index (χ1) is 12.8. The number of ether oxygens (including phenoxy) is 1. The highest BCUT2D eigenvalue weighted by molar-refractivity contribution is 7.09. The molecule has 0 fully saturated rings. The number of aliphatic imine (C=N–C) groups is 1. The van der Waals surface area contributed by atoms with Gasteiger partial charge in [-0.3, -0.25) is 0 Å². The first-order valence-corrected chi connectivity index (χ1v) is 9.46. The van der Waals surface area contributed by atoms with Gasteiger partial charge in [0.1, 0.15) is 5.75 Å². The fourth-order valence-electron chi connectivity index (χ4n) is 2.45. The standard InChI is InChI=1S/C20H23N5OS/c1-6-9-25-12-17(20(2,3)4)27-19(25)24-18(23-13-22)15-10-14(11-21)7-8-16(15)26-5/h7-8,10,12H,6,9H2,1-5H3. The van der Waals surface area contributed by atoms with E-state index < -0.39 is 0 Å². The number of hydrogen-bond donors (Lipinski definition) is 0. The van der Waals surface area contributed by atoms with E-state index in [2.05, 4.69) is 54.5 Å². The van der Waals surface area contributed by atoms with Gasteiger partial charge >= 0.3 is 0 Å². The second-order valence-corrected chi connectivity index (χ2v) is 8.00. The van der Waals surface area contributed by atoms with Crippen molar-refractivity contribution in [3.05, 3.63) is 45.2 Å². The summed E-state index contributed by atoms with van der Waals surface area (Å²) in [7, 11) is 1.54. The number of rotatable bonds is 4.